The summed E-state index contributed by atoms with van der Waals surface area (Å²) >= 11 is 6.31. The SMILES string of the molecule is CCOC(=O)C(=O)c1cc(N)c(C2CCCCC2)c(Cl)c1. The van der Waals surface area contributed by atoms with Crippen molar-refractivity contribution in [2.75, 3.05) is 12.3 Å². The first kappa shape index (κ1) is 15.8. The van der Waals surface area contributed by atoms with Gasteiger partial charge in [0.1, 0.15) is 0 Å². The minimum Gasteiger partial charge on any atom is -0.460 e. The Morgan fingerprint density at radius 1 is 1.29 bits per heavy atom. The minimum atomic E-state index is -0.876. The molecule has 0 atom stereocenters. The number of carbonyl (C=O) groups excluding carboxylic acids is 2. The number of ketones is 1. The number of rotatable bonds is 4. The number of hydrogen-bond acceptors (Lipinski definition) is 4. The van der Waals surface area contributed by atoms with Crippen LogP contribution >= 0.6 is 11.6 Å². The number of anilines is 1. The second kappa shape index (κ2) is 6.94. The molecule has 0 aromatic heterocycles. The molecule has 2 rings (SSSR count). The van der Waals surface area contributed by atoms with Gasteiger partial charge in [0.15, 0.2) is 0 Å². The Balaban J connectivity index is 2.28. The molecule has 0 unspecified atom stereocenters. The van der Waals surface area contributed by atoms with Crippen LogP contribution in [0.25, 0.3) is 0 Å². The summed E-state index contributed by atoms with van der Waals surface area (Å²) in [4.78, 5) is 23.4. The summed E-state index contributed by atoms with van der Waals surface area (Å²) in [7, 11) is 0. The molecule has 1 fully saturated rings. The number of nitrogens with two attached hydrogens (primary N) is 1. The van der Waals surface area contributed by atoms with Crippen molar-refractivity contribution in [2.45, 2.75) is 44.9 Å². The number of carbonyl (C=O) groups is 2. The van der Waals surface area contributed by atoms with E-state index < -0.39 is 11.8 Å². The van der Waals surface area contributed by atoms with Gasteiger partial charge in [-0.25, -0.2) is 4.79 Å². The second-order valence-electron chi connectivity index (χ2n) is 5.35. The molecule has 0 aliphatic heterocycles. The summed E-state index contributed by atoms with van der Waals surface area (Å²) in [6, 6.07) is 3.07. The first-order chi connectivity index (χ1) is 10.0. The highest BCUT2D eigenvalue weighted by Crippen LogP contribution is 2.40. The Labute approximate surface area is 129 Å². The van der Waals surface area contributed by atoms with Gasteiger partial charge in [0.25, 0.3) is 5.78 Å². The van der Waals surface area contributed by atoms with Crippen molar-refractivity contribution in [1.29, 1.82) is 0 Å². The molecule has 0 saturated heterocycles. The number of nitrogen functional groups attached to an aromatic ring is 1. The summed E-state index contributed by atoms with van der Waals surface area (Å²) in [5.74, 6) is -1.24. The van der Waals surface area contributed by atoms with E-state index in [2.05, 4.69) is 0 Å². The van der Waals surface area contributed by atoms with Crippen LogP contribution in [0.5, 0.6) is 0 Å². The highest BCUT2D eigenvalue weighted by Gasteiger charge is 2.24. The zero-order valence-corrected chi connectivity index (χ0v) is 12.9. The molecular formula is C16H20ClNO3. The van der Waals surface area contributed by atoms with E-state index in [4.69, 9.17) is 22.1 Å². The maximum Gasteiger partial charge on any atom is 0.379 e. The van der Waals surface area contributed by atoms with E-state index in [0.29, 0.717) is 16.6 Å². The Kier molecular flexibility index (Phi) is 5.23. The lowest BCUT2D eigenvalue weighted by Gasteiger charge is -2.24. The molecule has 0 amide bonds. The Morgan fingerprint density at radius 3 is 2.52 bits per heavy atom. The van der Waals surface area contributed by atoms with E-state index in [0.717, 1.165) is 18.4 Å². The van der Waals surface area contributed by atoms with Gasteiger partial charge in [-0.2, -0.15) is 0 Å². The molecule has 0 bridgehead atoms. The lowest BCUT2D eigenvalue weighted by Crippen LogP contribution is -2.18. The van der Waals surface area contributed by atoms with E-state index >= 15 is 0 Å². The van der Waals surface area contributed by atoms with E-state index in [1.165, 1.54) is 31.4 Å². The van der Waals surface area contributed by atoms with Gasteiger partial charge in [0.05, 0.1) is 6.61 Å². The summed E-state index contributed by atoms with van der Waals surface area (Å²) in [5, 5.41) is 0.467. The van der Waals surface area contributed by atoms with Crippen molar-refractivity contribution in [3.8, 4) is 0 Å². The van der Waals surface area contributed by atoms with Gasteiger partial charge in [0.2, 0.25) is 0 Å². The fraction of sp³-hybridized carbons (Fsp3) is 0.500. The van der Waals surface area contributed by atoms with Crippen LogP contribution in [0.2, 0.25) is 5.02 Å². The fourth-order valence-electron chi connectivity index (χ4n) is 2.91. The van der Waals surface area contributed by atoms with Crippen molar-refractivity contribution >= 4 is 29.0 Å². The third-order valence-corrected chi connectivity index (χ3v) is 4.21. The van der Waals surface area contributed by atoms with Gasteiger partial charge < -0.3 is 10.5 Å². The molecule has 21 heavy (non-hydrogen) atoms. The van der Waals surface area contributed by atoms with Gasteiger partial charge in [-0.05, 0) is 43.4 Å². The number of benzene rings is 1. The summed E-state index contributed by atoms with van der Waals surface area (Å²) in [6.07, 6.45) is 5.71. The van der Waals surface area contributed by atoms with Crippen molar-refractivity contribution in [1.82, 2.24) is 0 Å². The van der Waals surface area contributed by atoms with Crippen LogP contribution in [-0.4, -0.2) is 18.4 Å². The van der Waals surface area contributed by atoms with E-state index in [1.807, 2.05) is 0 Å². The Morgan fingerprint density at radius 2 is 1.95 bits per heavy atom. The average molecular weight is 310 g/mol. The average Bonchev–Trinajstić information content (AvgIpc) is 2.47. The first-order valence-electron chi connectivity index (χ1n) is 7.35. The van der Waals surface area contributed by atoms with E-state index in [-0.39, 0.29) is 12.2 Å². The fourth-order valence-corrected chi connectivity index (χ4v) is 3.29. The van der Waals surface area contributed by atoms with Crippen LogP contribution in [0.15, 0.2) is 12.1 Å². The van der Waals surface area contributed by atoms with Crippen molar-refractivity contribution in [2.24, 2.45) is 0 Å². The van der Waals surface area contributed by atoms with E-state index in [1.54, 1.807) is 6.92 Å². The number of Topliss-reactive ketones (excluding diaryl/α,β-unsaturated/α-hetero) is 1. The predicted molar refractivity (Wildman–Crippen MR) is 82.7 cm³/mol. The quantitative estimate of drug-likeness (QED) is 0.398. The lowest BCUT2D eigenvalue weighted by molar-refractivity contribution is -0.137. The van der Waals surface area contributed by atoms with Crippen molar-refractivity contribution in [3.63, 3.8) is 0 Å². The van der Waals surface area contributed by atoms with Gasteiger partial charge in [-0.15, -0.1) is 0 Å². The maximum atomic E-state index is 11.9. The van der Waals surface area contributed by atoms with Crippen molar-refractivity contribution < 1.29 is 14.3 Å². The zero-order chi connectivity index (χ0) is 15.4. The summed E-state index contributed by atoms with van der Waals surface area (Å²) in [6.45, 7) is 1.81. The molecule has 1 aromatic rings. The third-order valence-electron chi connectivity index (χ3n) is 3.90. The number of hydrogen-bond donors (Lipinski definition) is 1. The highest BCUT2D eigenvalue weighted by atomic mass is 35.5. The second-order valence-corrected chi connectivity index (χ2v) is 5.75. The van der Waals surface area contributed by atoms with Crippen molar-refractivity contribution in [3.05, 3.63) is 28.3 Å². The number of esters is 1. The molecule has 4 nitrogen and oxygen atoms in total. The monoisotopic (exact) mass is 309 g/mol. The third kappa shape index (κ3) is 3.56. The predicted octanol–water partition coefficient (Wildman–Crippen LogP) is 3.72. The molecule has 114 valence electrons. The minimum absolute atomic E-state index is 0.161. The molecular weight excluding hydrogens is 290 g/mol. The molecule has 5 heteroatoms. The zero-order valence-electron chi connectivity index (χ0n) is 12.2. The molecule has 0 heterocycles. The standard InChI is InChI=1S/C16H20ClNO3/c1-2-21-16(20)15(19)11-8-12(17)14(13(18)9-11)10-6-4-3-5-7-10/h8-10H,2-7,18H2,1H3. The smallest absolute Gasteiger partial charge is 0.379 e. The van der Waals surface area contributed by atoms with Gasteiger partial charge in [-0.1, -0.05) is 30.9 Å². The van der Waals surface area contributed by atoms with Crippen LogP contribution < -0.4 is 5.73 Å². The molecule has 0 spiro atoms. The van der Waals surface area contributed by atoms with Crippen LogP contribution in [0, 0.1) is 0 Å². The van der Waals surface area contributed by atoms with Crippen LogP contribution in [0.4, 0.5) is 5.69 Å². The molecule has 1 aromatic carbocycles. The molecule has 1 aliphatic rings. The van der Waals surface area contributed by atoms with Crippen LogP contribution in [0.1, 0.15) is 60.9 Å². The molecule has 1 saturated carbocycles. The van der Waals surface area contributed by atoms with E-state index in [9.17, 15) is 9.59 Å². The molecule has 2 N–H and O–H groups in total. The molecule has 0 radical (unpaired) electrons. The van der Waals surface area contributed by atoms with Crippen LogP contribution in [-0.2, 0) is 9.53 Å². The van der Waals surface area contributed by atoms with Gasteiger partial charge >= 0.3 is 5.97 Å². The highest BCUT2D eigenvalue weighted by molar-refractivity contribution is 6.41. The Hall–Kier alpha value is -1.55. The number of ether oxygens (including phenoxy) is 1. The summed E-state index contributed by atoms with van der Waals surface area (Å²) < 4.78 is 4.71. The molecule has 1 aliphatic carbocycles. The first-order valence-corrected chi connectivity index (χ1v) is 7.72. The largest absolute Gasteiger partial charge is 0.460 e. The summed E-state index contributed by atoms with van der Waals surface area (Å²) in [5.41, 5.74) is 7.67. The topological polar surface area (TPSA) is 69.4 Å². The van der Waals surface area contributed by atoms with Crippen LogP contribution in [0.3, 0.4) is 0 Å². The lowest BCUT2D eigenvalue weighted by atomic mass is 9.83. The maximum absolute atomic E-state index is 11.9. The normalized spacial score (nSPS) is 15.7. The number of halogens is 1. The van der Waals surface area contributed by atoms with Gasteiger partial charge in [-0.3, -0.25) is 4.79 Å². The Bertz CT molecular complexity index is 527. The van der Waals surface area contributed by atoms with Gasteiger partial charge in [0, 0.05) is 16.3 Å².